The average molecular weight is 319 g/mol. The molecule has 1 aliphatic heterocycles. The van der Waals surface area contributed by atoms with Gasteiger partial charge in [0.05, 0.1) is 0 Å². The summed E-state index contributed by atoms with van der Waals surface area (Å²) in [5.41, 5.74) is 8.38. The van der Waals surface area contributed by atoms with Crippen LogP contribution in [0.2, 0.25) is 0 Å². The fourth-order valence-electron chi connectivity index (χ4n) is 2.57. The Hall–Kier alpha value is -1.69. The summed E-state index contributed by atoms with van der Waals surface area (Å²) in [6, 6.07) is 4.05. The van der Waals surface area contributed by atoms with Gasteiger partial charge in [-0.3, -0.25) is 4.98 Å². The summed E-state index contributed by atoms with van der Waals surface area (Å²) in [6.07, 6.45) is 7.38. The van der Waals surface area contributed by atoms with Crippen molar-refractivity contribution in [3.63, 3.8) is 0 Å². The third-order valence-corrected chi connectivity index (χ3v) is 4.12. The van der Waals surface area contributed by atoms with Gasteiger partial charge >= 0.3 is 0 Å². The monoisotopic (exact) mass is 319 g/mol. The van der Waals surface area contributed by atoms with E-state index in [1.54, 1.807) is 0 Å². The summed E-state index contributed by atoms with van der Waals surface area (Å²) in [7, 11) is 0. The first-order chi connectivity index (χ1) is 10.7. The number of nitrogens with one attached hydrogen (secondary N) is 1. The molecule has 0 atom stereocenters. The van der Waals surface area contributed by atoms with Gasteiger partial charge in [-0.05, 0) is 62.9 Å². The highest BCUT2D eigenvalue weighted by Gasteiger charge is 2.12. The molecule has 5 nitrogen and oxygen atoms in total. The van der Waals surface area contributed by atoms with E-state index in [1.165, 1.54) is 24.8 Å². The second-order valence-corrected chi connectivity index (χ2v) is 6.01. The molecule has 0 amide bonds. The Balaban J connectivity index is 1.70. The van der Waals surface area contributed by atoms with E-state index in [1.807, 2.05) is 12.3 Å². The van der Waals surface area contributed by atoms with E-state index < -0.39 is 0 Å². The summed E-state index contributed by atoms with van der Waals surface area (Å²) < 4.78 is 0. The predicted octanol–water partition coefficient (Wildman–Crippen LogP) is 2.00. The van der Waals surface area contributed by atoms with E-state index in [4.69, 9.17) is 18.0 Å². The Morgan fingerprint density at radius 1 is 1.41 bits per heavy atom. The average Bonchev–Trinajstić information content (AvgIpc) is 2.54. The van der Waals surface area contributed by atoms with Crippen molar-refractivity contribution in [2.75, 3.05) is 19.6 Å². The van der Waals surface area contributed by atoms with E-state index in [2.05, 4.69) is 33.2 Å². The summed E-state index contributed by atoms with van der Waals surface area (Å²) in [4.78, 5) is 10.8. The standard InChI is InChI=1S/C16H25N5S/c1-13-7-5-9-18-14(13)8-6-10-19-16(22)20-15(17)21-11-3-2-4-12-21/h5,7,9H,2-4,6,8,10-12H2,1H3,(H3,17,19,20,22). The number of aromatic nitrogens is 1. The molecule has 0 aromatic carbocycles. The van der Waals surface area contributed by atoms with Crippen LogP contribution in [0.15, 0.2) is 23.3 Å². The topological polar surface area (TPSA) is 66.5 Å². The Morgan fingerprint density at radius 2 is 2.18 bits per heavy atom. The smallest absolute Gasteiger partial charge is 0.198 e. The zero-order valence-electron chi connectivity index (χ0n) is 13.2. The molecule has 2 heterocycles. The van der Waals surface area contributed by atoms with Crippen molar-refractivity contribution in [3.05, 3.63) is 29.6 Å². The van der Waals surface area contributed by atoms with Gasteiger partial charge in [0.1, 0.15) is 0 Å². The van der Waals surface area contributed by atoms with Crippen molar-refractivity contribution < 1.29 is 0 Å². The minimum atomic E-state index is 0.473. The number of pyridine rings is 1. The van der Waals surface area contributed by atoms with Crippen LogP contribution in [0.4, 0.5) is 0 Å². The Kier molecular flexibility index (Phi) is 6.58. The van der Waals surface area contributed by atoms with Gasteiger partial charge < -0.3 is 16.0 Å². The minimum Gasteiger partial charge on any atom is -0.369 e. The van der Waals surface area contributed by atoms with Gasteiger partial charge in [0.15, 0.2) is 11.1 Å². The molecule has 6 heteroatoms. The zero-order chi connectivity index (χ0) is 15.8. The summed E-state index contributed by atoms with van der Waals surface area (Å²) in [6.45, 7) is 4.84. The molecular weight excluding hydrogens is 294 g/mol. The Labute approximate surface area is 138 Å². The number of hydrogen-bond acceptors (Lipinski definition) is 2. The second kappa shape index (κ2) is 8.68. The maximum absolute atomic E-state index is 6.00. The molecule has 1 aromatic rings. The summed E-state index contributed by atoms with van der Waals surface area (Å²) >= 11 is 5.23. The van der Waals surface area contributed by atoms with Crippen LogP contribution in [0, 0.1) is 6.92 Å². The molecule has 1 aromatic heterocycles. The fraction of sp³-hybridized carbons (Fsp3) is 0.562. The number of rotatable bonds is 4. The lowest BCUT2D eigenvalue weighted by molar-refractivity contribution is 0.339. The Bertz CT molecular complexity index is 523. The van der Waals surface area contributed by atoms with Crippen molar-refractivity contribution in [1.82, 2.24) is 15.2 Å². The highest BCUT2D eigenvalue weighted by atomic mass is 32.1. The molecule has 3 N–H and O–H groups in total. The number of aliphatic imine (C=N–C) groups is 1. The van der Waals surface area contributed by atoms with Crippen LogP contribution < -0.4 is 11.1 Å². The van der Waals surface area contributed by atoms with Crippen LogP contribution in [-0.2, 0) is 6.42 Å². The number of nitrogens with zero attached hydrogens (tertiary/aromatic N) is 3. The van der Waals surface area contributed by atoms with Crippen molar-refractivity contribution in [3.8, 4) is 0 Å². The van der Waals surface area contributed by atoms with Crippen molar-refractivity contribution in [2.45, 2.75) is 39.0 Å². The molecule has 1 aliphatic rings. The molecule has 1 saturated heterocycles. The predicted molar refractivity (Wildman–Crippen MR) is 94.9 cm³/mol. The van der Waals surface area contributed by atoms with Gasteiger partial charge in [0.2, 0.25) is 0 Å². The second-order valence-electron chi connectivity index (χ2n) is 5.62. The third kappa shape index (κ3) is 5.26. The van der Waals surface area contributed by atoms with E-state index in [0.717, 1.165) is 38.2 Å². The van der Waals surface area contributed by atoms with Crippen LogP contribution in [0.3, 0.4) is 0 Å². The molecular formula is C16H25N5S. The van der Waals surface area contributed by atoms with E-state index in [9.17, 15) is 0 Å². The molecule has 0 spiro atoms. The van der Waals surface area contributed by atoms with E-state index in [-0.39, 0.29) is 0 Å². The third-order valence-electron chi connectivity index (χ3n) is 3.88. The minimum absolute atomic E-state index is 0.473. The van der Waals surface area contributed by atoms with Crippen LogP contribution in [0.5, 0.6) is 0 Å². The van der Waals surface area contributed by atoms with Crippen molar-refractivity contribution in [2.24, 2.45) is 10.7 Å². The van der Waals surface area contributed by atoms with Gasteiger partial charge in [-0.1, -0.05) is 6.07 Å². The normalized spacial score (nSPS) is 15.7. The largest absolute Gasteiger partial charge is 0.369 e. The Morgan fingerprint density at radius 3 is 2.91 bits per heavy atom. The number of hydrogen-bond donors (Lipinski definition) is 2. The van der Waals surface area contributed by atoms with Crippen LogP contribution in [0.25, 0.3) is 0 Å². The molecule has 0 bridgehead atoms. The molecule has 2 rings (SSSR count). The van der Waals surface area contributed by atoms with Gasteiger partial charge in [0, 0.05) is 31.5 Å². The maximum atomic E-state index is 6.00. The van der Waals surface area contributed by atoms with Gasteiger partial charge in [-0.2, -0.15) is 4.99 Å². The first-order valence-corrected chi connectivity index (χ1v) is 8.35. The molecule has 1 fully saturated rings. The van der Waals surface area contributed by atoms with Gasteiger partial charge in [0.25, 0.3) is 0 Å². The number of guanidine groups is 1. The van der Waals surface area contributed by atoms with E-state index >= 15 is 0 Å². The molecule has 0 radical (unpaired) electrons. The molecule has 0 saturated carbocycles. The molecule has 0 unspecified atom stereocenters. The number of piperidine rings is 1. The zero-order valence-corrected chi connectivity index (χ0v) is 14.0. The summed E-state index contributed by atoms with van der Waals surface area (Å²) in [5, 5.41) is 3.62. The lowest BCUT2D eigenvalue weighted by Crippen LogP contribution is -2.42. The van der Waals surface area contributed by atoms with Gasteiger partial charge in [-0.25, -0.2) is 0 Å². The highest BCUT2D eigenvalue weighted by molar-refractivity contribution is 7.80. The number of likely N-dealkylation sites (tertiary alicyclic amines) is 1. The number of thiocarbonyl (C=S) groups is 1. The first-order valence-electron chi connectivity index (χ1n) is 7.94. The fourth-order valence-corrected chi connectivity index (χ4v) is 2.76. The molecule has 120 valence electrons. The lowest BCUT2D eigenvalue weighted by Gasteiger charge is -2.27. The summed E-state index contributed by atoms with van der Waals surface area (Å²) in [5.74, 6) is 0.540. The van der Waals surface area contributed by atoms with Crippen LogP contribution >= 0.6 is 12.2 Å². The van der Waals surface area contributed by atoms with Gasteiger partial charge in [-0.15, -0.1) is 0 Å². The SMILES string of the molecule is Cc1cccnc1CCCNC(=S)N=C(N)N1CCCCC1. The first kappa shape index (κ1) is 16.7. The quantitative estimate of drug-likeness (QED) is 0.384. The molecule has 22 heavy (non-hydrogen) atoms. The number of aryl methyl sites for hydroxylation is 2. The maximum Gasteiger partial charge on any atom is 0.198 e. The molecule has 0 aliphatic carbocycles. The lowest BCUT2D eigenvalue weighted by atomic mass is 10.1. The number of nitrogens with two attached hydrogens (primary N) is 1. The van der Waals surface area contributed by atoms with Crippen LogP contribution in [0.1, 0.15) is 36.9 Å². The van der Waals surface area contributed by atoms with E-state index in [0.29, 0.717) is 11.1 Å². The highest BCUT2D eigenvalue weighted by Crippen LogP contribution is 2.08. The van der Waals surface area contributed by atoms with Crippen LogP contribution in [-0.4, -0.2) is 40.6 Å². The van der Waals surface area contributed by atoms with Crippen molar-refractivity contribution in [1.29, 1.82) is 0 Å². The van der Waals surface area contributed by atoms with Crippen molar-refractivity contribution >= 4 is 23.3 Å².